The molecular formula is C24H18N2O6S. The zero-order valence-corrected chi connectivity index (χ0v) is 17.9. The summed E-state index contributed by atoms with van der Waals surface area (Å²) < 4.78 is 25.9. The zero-order chi connectivity index (χ0) is 23.6. The molecule has 33 heavy (non-hydrogen) atoms. The minimum absolute atomic E-state index is 0.0138. The summed E-state index contributed by atoms with van der Waals surface area (Å²) in [6, 6.07) is 21.3. The van der Waals surface area contributed by atoms with Crippen LogP contribution in [-0.2, 0) is 16.3 Å². The lowest BCUT2D eigenvalue weighted by Gasteiger charge is -2.09. The number of nitrogens with one attached hydrogen (secondary N) is 1. The van der Waals surface area contributed by atoms with Crippen molar-refractivity contribution in [3.05, 3.63) is 102 Å². The summed E-state index contributed by atoms with van der Waals surface area (Å²) in [5.41, 5.74) is 1.32. The van der Waals surface area contributed by atoms with Crippen LogP contribution in [0.15, 0.2) is 88.8 Å². The number of aromatic nitrogens is 2. The van der Waals surface area contributed by atoms with Gasteiger partial charge in [-0.1, -0.05) is 60.7 Å². The first-order valence-corrected chi connectivity index (χ1v) is 11.3. The Morgan fingerprint density at radius 3 is 2.09 bits per heavy atom. The Morgan fingerprint density at radius 1 is 0.848 bits per heavy atom. The molecule has 4 rings (SSSR count). The minimum atomic E-state index is -4.17. The number of aromatic amines is 1. The van der Waals surface area contributed by atoms with E-state index in [2.05, 4.69) is 9.97 Å². The van der Waals surface area contributed by atoms with E-state index >= 15 is 0 Å². The maximum atomic E-state index is 12.9. The molecule has 0 unspecified atom stereocenters. The number of sulfone groups is 1. The highest BCUT2D eigenvalue weighted by Crippen LogP contribution is 2.27. The molecule has 0 amide bonds. The number of rotatable bonds is 7. The van der Waals surface area contributed by atoms with E-state index in [1.807, 2.05) is 6.07 Å². The van der Waals surface area contributed by atoms with Crippen LogP contribution in [-0.4, -0.2) is 40.5 Å². The number of hydrogen-bond acceptors (Lipinski definition) is 5. The first kappa shape index (κ1) is 22.0. The maximum Gasteiger partial charge on any atom is 0.355 e. The van der Waals surface area contributed by atoms with Crippen LogP contribution < -0.4 is 0 Å². The lowest BCUT2D eigenvalue weighted by Crippen LogP contribution is -2.09. The highest BCUT2D eigenvalue weighted by Gasteiger charge is 2.29. The lowest BCUT2D eigenvalue weighted by molar-refractivity contribution is 0.0680. The second-order valence-corrected chi connectivity index (χ2v) is 9.08. The molecule has 3 N–H and O–H groups in total. The number of carboxylic acid groups (broad SMARTS) is 2. The number of benzene rings is 3. The van der Waals surface area contributed by atoms with Crippen LogP contribution in [0.4, 0.5) is 0 Å². The minimum Gasteiger partial charge on any atom is -0.478 e. The molecule has 0 atom stereocenters. The molecule has 8 nitrogen and oxygen atoms in total. The van der Waals surface area contributed by atoms with Gasteiger partial charge in [0.15, 0.2) is 10.7 Å². The van der Waals surface area contributed by atoms with Crippen LogP contribution in [0.25, 0.3) is 11.1 Å². The van der Waals surface area contributed by atoms with Gasteiger partial charge in [0.05, 0.1) is 10.5 Å². The van der Waals surface area contributed by atoms with Gasteiger partial charge in [0.1, 0.15) is 5.82 Å². The molecule has 0 fully saturated rings. The van der Waals surface area contributed by atoms with Crippen molar-refractivity contribution in [2.45, 2.75) is 16.3 Å². The topological polar surface area (TPSA) is 137 Å². The Bertz CT molecular complexity index is 1450. The van der Waals surface area contributed by atoms with Crippen molar-refractivity contribution in [2.24, 2.45) is 0 Å². The van der Waals surface area contributed by atoms with Gasteiger partial charge in [-0.3, -0.25) is 0 Å². The van der Waals surface area contributed by atoms with Crippen molar-refractivity contribution < 1.29 is 28.2 Å². The number of nitrogens with zero attached hydrogens (tertiary/aromatic N) is 1. The molecule has 0 spiro atoms. The van der Waals surface area contributed by atoms with Crippen molar-refractivity contribution in [1.29, 1.82) is 0 Å². The lowest BCUT2D eigenvalue weighted by atomic mass is 9.96. The largest absolute Gasteiger partial charge is 0.478 e. The predicted octanol–water partition coefficient (Wildman–Crippen LogP) is 3.90. The molecule has 0 aliphatic heterocycles. The number of H-pyrrole nitrogens is 1. The molecule has 0 aliphatic rings. The fourth-order valence-corrected chi connectivity index (χ4v) is 4.86. The average Bonchev–Trinajstić information content (AvgIpc) is 3.25. The third-order valence-corrected chi connectivity index (χ3v) is 6.71. The molecule has 0 bridgehead atoms. The van der Waals surface area contributed by atoms with Crippen LogP contribution in [0, 0.1) is 0 Å². The fraction of sp³-hybridized carbons (Fsp3) is 0.0417. The zero-order valence-electron chi connectivity index (χ0n) is 17.1. The molecule has 0 aliphatic carbocycles. The Balaban J connectivity index is 1.73. The monoisotopic (exact) mass is 462 g/mol. The predicted molar refractivity (Wildman–Crippen MR) is 119 cm³/mol. The quantitative estimate of drug-likeness (QED) is 0.379. The second-order valence-electron chi connectivity index (χ2n) is 7.21. The number of hydrogen-bond donors (Lipinski definition) is 3. The van der Waals surface area contributed by atoms with Gasteiger partial charge < -0.3 is 15.2 Å². The number of aromatic carboxylic acids is 2. The Labute approximate surface area is 189 Å². The molecule has 0 radical (unpaired) electrons. The van der Waals surface area contributed by atoms with E-state index in [1.54, 1.807) is 42.5 Å². The first-order chi connectivity index (χ1) is 15.8. The van der Waals surface area contributed by atoms with Crippen LogP contribution in [0.1, 0.15) is 32.2 Å². The van der Waals surface area contributed by atoms with E-state index in [0.29, 0.717) is 11.1 Å². The van der Waals surface area contributed by atoms with Gasteiger partial charge in [-0.15, -0.1) is 0 Å². The summed E-state index contributed by atoms with van der Waals surface area (Å²) in [5, 5.41) is 18.6. The molecule has 0 saturated carbocycles. The molecule has 0 saturated heterocycles. The summed E-state index contributed by atoms with van der Waals surface area (Å²) in [6.45, 7) is 0. The summed E-state index contributed by atoms with van der Waals surface area (Å²) in [6.07, 6.45) is 0.0138. The third-order valence-electron chi connectivity index (χ3n) is 5.01. The van der Waals surface area contributed by atoms with Gasteiger partial charge >= 0.3 is 11.9 Å². The van der Waals surface area contributed by atoms with Gasteiger partial charge in [0, 0.05) is 6.42 Å². The highest BCUT2D eigenvalue weighted by atomic mass is 32.2. The average molecular weight is 462 g/mol. The van der Waals surface area contributed by atoms with E-state index in [-0.39, 0.29) is 22.7 Å². The van der Waals surface area contributed by atoms with Gasteiger partial charge in [-0.25, -0.2) is 23.0 Å². The molecule has 1 heterocycles. The standard InChI is InChI=1S/C24H18N2O6S/c27-23(28)19-13-15(11-12-18(19)16-7-3-1-4-8-16)14-20-25-21(24(29)30)22(26-20)33(31,32)17-9-5-2-6-10-17/h1-13H,14H2,(H,25,26)(H,27,28)(H,29,30). The SMILES string of the molecule is O=C(O)c1cc(Cc2nc(S(=O)(=O)c3ccccc3)c(C(=O)O)[nH]2)ccc1-c1ccccc1. The Hall–Kier alpha value is -4.24. The first-order valence-electron chi connectivity index (χ1n) is 9.81. The molecule has 9 heteroatoms. The van der Waals surface area contributed by atoms with E-state index in [0.717, 1.165) is 5.56 Å². The van der Waals surface area contributed by atoms with Crippen molar-refractivity contribution >= 4 is 21.8 Å². The Morgan fingerprint density at radius 2 is 1.48 bits per heavy atom. The normalized spacial score (nSPS) is 11.3. The smallest absolute Gasteiger partial charge is 0.355 e. The Kier molecular flexibility index (Phi) is 5.80. The van der Waals surface area contributed by atoms with Gasteiger partial charge in [0.25, 0.3) is 0 Å². The van der Waals surface area contributed by atoms with E-state index < -0.39 is 32.5 Å². The van der Waals surface area contributed by atoms with Crippen LogP contribution >= 0.6 is 0 Å². The second kappa shape index (κ2) is 8.71. The van der Waals surface area contributed by atoms with Crippen LogP contribution in [0.3, 0.4) is 0 Å². The van der Waals surface area contributed by atoms with Crippen molar-refractivity contribution in [2.75, 3.05) is 0 Å². The van der Waals surface area contributed by atoms with Crippen LogP contribution in [0.5, 0.6) is 0 Å². The summed E-state index contributed by atoms with van der Waals surface area (Å²) >= 11 is 0. The maximum absolute atomic E-state index is 12.9. The number of imidazole rings is 1. The van der Waals surface area contributed by atoms with E-state index in [4.69, 9.17) is 0 Å². The number of carboxylic acids is 2. The van der Waals surface area contributed by atoms with Crippen LogP contribution in [0.2, 0.25) is 0 Å². The molecule has 4 aromatic rings. The molecule has 166 valence electrons. The summed E-state index contributed by atoms with van der Waals surface area (Å²) in [4.78, 5) is 30.1. The fourth-order valence-electron chi connectivity index (χ4n) is 3.48. The van der Waals surface area contributed by atoms with Crippen molar-refractivity contribution in [1.82, 2.24) is 9.97 Å². The highest BCUT2D eigenvalue weighted by molar-refractivity contribution is 7.91. The summed E-state index contributed by atoms with van der Waals surface area (Å²) in [5.74, 6) is -2.49. The molecule has 3 aromatic carbocycles. The molecule has 1 aromatic heterocycles. The van der Waals surface area contributed by atoms with Crippen molar-refractivity contribution in [3.8, 4) is 11.1 Å². The number of carbonyl (C=O) groups is 2. The van der Waals surface area contributed by atoms with Gasteiger partial charge in [-0.2, -0.15) is 0 Å². The van der Waals surface area contributed by atoms with E-state index in [9.17, 15) is 28.2 Å². The van der Waals surface area contributed by atoms with Gasteiger partial charge in [0.2, 0.25) is 9.84 Å². The summed E-state index contributed by atoms with van der Waals surface area (Å²) in [7, 11) is -4.17. The van der Waals surface area contributed by atoms with E-state index in [1.165, 1.54) is 30.3 Å². The third kappa shape index (κ3) is 4.39. The van der Waals surface area contributed by atoms with Gasteiger partial charge in [-0.05, 0) is 34.9 Å². The van der Waals surface area contributed by atoms with Crippen molar-refractivity contribution in [3.63, 3.8) is 0 Å². The molecular weight excluding hydrogens is 444 g/mol.